The summed E-state index contributed by atoms with van der Waals surface area (Å²) < 4.78 is 28.9. The highest BCUT2D eigenvalue weighted by Crippen LogP contribution is 2.38. The number of carbonyl (C=O) groups is 2. The number of aromatic nitrogens is 3. The van der Waals surface area contributed by atoms with Crippen LogP contribution in [0.5, 0.6) is 28.7 Å². The second-order valence-electron chi connectivity index (χ2n) is 10.2. The van der Waals surface area contributed by atoms with Crippen LogP contribution in [0.1, 0.15) is 17.2 Å². The van der Waals surface area contributed by atoms with Gasteiger partial charge in [-0.1, -0.05) is 35.5 Å². The van der Waals surface area contributed by atoms with Crippen LogP contribution in [0, 0.1) is 0 Å². The Kier molecular flexibility index (Phi) is 7.06. The molecule has 1 N–H and O–H groups in total. The molecule has 2 amide bonds. The van der Waals surface area contributed by atoms with Crippen molar-refractivity contribution in [2.45, 2.75) is 19.1 Å². The zero-order chi connectivity index (χ0) is 30.0. The molecule has 44 heavy (non-hydrogen) atoms. The summed E-state index contributed by atoms with van der Waals surface area (Å²) in [7, 11) is 1.59. The average molecular weight is 594 g/mol. The molecule has 222 valence electrons. The van der Waals surface area contributed by atoms with Gasteiger partial charge in [0.2, 0.25) is 19.5 Å². The number of rotatable bonds is 9. The molecular formula is C32H27N5O7. The molecule has 12 heteroatoms. The summed E-state index contributed by atoms with van der Waals surface area (Å²) in [5, 5.41) is 11.4. The number of para-hydroxylation sites is 1. The first-order valence-corrected chi connectivity index (χ1v) is 13.9. The number of amides is 2. The van der Waals surface area contributed by atoms with Crippen molar-refractivity contribution in [2.24, 2.45) is 0 Å². The number of benzene rings is 4. The van der Waals surface area contributed by atoms with Crippen molar-refractivity contribution < 1.29 is 33.3 Å². The molecule has 0 radical (unpaired) electrons. The molecule has 4 aromatic carbocycles. The van der Waals surface area contributed by atoms with E-state index >= 15 is 0 Å². The predicted molar refractivity (Wildman–Crippen MR) is 158 cm³/mol. The summed E-state index contributed by atoms with van der Waals surface area (Å²) >= 11 is 0. The Morgan fingerprint density at radius 3 is 2.36 bits per heavy atom. The number of fused-ring (bicyclic) bond motifs is 3. The highest BCUT2D eigenvalue weighted by Gasteiger charge is 2.34. The highest BCUT2D eigenvalue weighted by atomic mass is 16.7. The molecule has 0 saturated heterocycles. The molecule has 2 aliphatic heterocycles. The summed E-state index contributed by atoms with van der Waals surface area (Å²) in [5.41, 5.74) is 3.19. The van der Waals surface area contributed by atoms with Gasteiger partial charge in [-0.05, 0) is 59.7 Å². The fraction of sp³-hybridized carbons (Fsp3) is 0.188. The fourth-order valence-electron chi connectivity index (χ4n) is 5.25. The van der Waals surface area contributed by atoms with Gasteiger partial charge >= 0.3 is 0 Å². The summed E-state index contributed by atoms with van der Waals surface area (Å²) in [6.45, 7) is 0.145. The Morgan fingerprint density at radius 1 is 0.886 bits per heavy atom. The molecule has 0 aliphatic carbocycles. The smallest absolute Gasteiger partial charge is 0.251 e. The molecule has 0 fully saturated rings. The minimum absolute atomic E-state index is 0.0702. The zero-order valence-electron chi connectivity index (χ0n) is 23.6. The van der Waals surface area contributed by atoms with Gasteiger partial charge in [0.1, 0.15) is 23.9 Å². The first-order valence-electron chi connectivity index (χ1n) is 13.9. The lowest BCUT2D eigenvalue weighted by molar-refractivity contribution is -0.140. The normalized spacial score (nSPS) is 13.5. The lowest BCUT2D eigenvalue weighted by Crippen LogP contribution is -2.42. The number of hydrogen-bond acceptors (Lipinski definition) is 9. The Labute approximate surface area is 251 Å². The number of anilines is 1. The van der Waals surface area contributed by atoms with Crippen molar-refractivity contribution in [1.82, 2.24) is 19.9 Å². The molecular weight excluding hydrogens is 566 g/mol. The molecule has 1 atom stereocenters. The van der Waals surface area contributed by atoms with E-state index < -0.39 is 11.9 Å². The Balaban J connectivity index is 1.28. The van der Waals surface area contributed by atoms with Crippen LogP contribution in [-0.4, -0.2) is 52.4 Å². The van der Waals surface area contributed by atoms with Crippen LogP contribution in [0.3, 0.4) is 0 Å². The van der Waals surface area contributed by atoms with Crippen molar-refractivity contribution in [3.8, 4) is 28.7 Å². The van der Waals surface area contributed by atoms with Gasteiger partial charge in [-0.15, -0.1) is 5.10 Å². The standard InChI is InChI=1S/C32H27N5O7/c1-40-23-10-6-20(7-11-23)16-36(30(38)17-37-25-5-3-2-4-24(25)34-35-37)31(21-8-12-26-28(14-21)43-18-41-26)32(39)33-22-9-13-27-29(15-22)44-19-42-27/h2-15,31H,16-19H2,1H3,(H,33,39)/t31-/m0/s1. The second-order valence-corrected chi connectivity index (χ2v) is 10.2. The number of carbonyl (C=O) groups excluding carboxylic acids is 2. The van der Waals surface area contributed by atoms with Crippen molar-refractivity contribution in [3.05, 3.63) is 96.1 Å². The van der Waals surface area contributed by atoms with Gasteiger partial charge in [0.25, 0.3) is 5.91 Å². The van der Waals surface area contributed by atoms with Crippen molar-refractivity contribution >= 4 is 28.5 Å². The summed E-state index contributed by atoms with van der Waals surface area (Å²) in [5.74, 6) is 2.05. The van der Waals surface area contributed by atoms with Gasteiger partial charge in [-0.2, -0.15) is 0 Å². The number of nitrogens with zero attached hydrogens (tertiary/aromatic N) is 4. The maximum Gasteiger partial charge on any atom is 0.251 e. The van der Waals surface area contributed by atoms with Crippen LogP contribution in [0.2, 0.25) is 0 Å². The van der Waals surface area contributed by atoms with E-state index in [1.54, 1.807) is 43.5 Å². The molecule has 0 spiro atoms. The molecule has 12 nitrogen and oxygen atoms in total. The lowest BCUT2D eigenvalue weighted by atomic mass is 10.0. The maximum absolute atomic E-state index is 14.3. The van der Waals surface area contributed by atoms with Gasteiger partial charge in [0.05, 0.1) is 12.6 Å². The summed E-state index contributed by atoms with van der Waals surface area (Å²) in [6, 6.07) is 24.0. The van der Waals surface area contributed by atoms with Crippen LogP contribution in [-0.2, 0) is 22.7 Å². The summed E-state index contributed by atoms with van der Waals surface area (Å²) in [4.78, 5) is 30.1. The van der Waals surface area contributed by atoms with Crippen molar-refractivity contribution in [1.29, 1.82) is 0 Å². The molecule has 0 saturated carbocycles. The van der Waals surface area contributed by atoms with Gasteiger partial charge in [0, 0.05) is 18.3 Å². The Morgan fingerprint density at radius 2 is 1.59 bits per heavy atom. The number of ether oxygens (including phenoxy) is 5. The first-order chi connectivity index (χ1) is 21.6. The highest BCUT2D eigenvalue weighted by molar-refractivity contribution is 5.98. The average Bonchev–Trinajstić information content (AvgIpc) is 3.81. The number of methoxy groups -OCH3 is 1. The van der Waals surface area contributed by atoms with E-state index in [0.29, 0.717) is 51.0 Å². The quantitative estimate of drug-likeness (QED) is 0.266. The van der Waals surface area contributed by atoms with E-state index in [4.69, 9.17) is 23.7 Å². The maximum atomic E-state index is 14.3. The van der Waals surface area contributed by atoms with Gasteiger partial charge in [-0.25, -0.2) is 4.68 Å². The van der Waals surface area contributed by atoms with E-state index in [-0.39, 0.29) is 32.6 Å². The SMILES string of the molecule is COc1ccc(CN(C(=O)Cn2nnc3ccccc32)[C@H](C(=O)Nc2ccc3c(c2)OCO3)c2ccc3c(c2)OCO3)cc1. The van der Waals surface area contributed by atoms with Gasteiger partial charge in [-0.3, -0.25) is 9.59 Å². The molecule has 2 aliphatic rings. The van der Waals surface area contributed by atoms with E-state index in [2.05, 4.69) is 15.6 Å². The van der Waals surface area contributed by atoms with E-state index in [9.17, 15) is 9.59 Å². The zero-order valence-corrected chi connectivity index (χ0v) is 23.6. The largest absolute Gasteiger partial charge is 0.497 e. The van der Waals surface area contributed by atoms with Crippen molar-refractivity contribution in [2.75, 3.05) is 26.0 Å². The predicted octanol–water partition coefficient (Wildman–Crippen LogP) is 4.31. The minimum atomic E-state index is -1.07. The van der Waals surface area contributed by atoms with Crippen LogP contribution in [0.4, 0.5) is 5.69 Å². The van der Waals surface area contributed by atoms with E-state index in [1.807, 2.05) is 48.5 Å². The molecule has 5 aromatic rings. The van der Waals surface area contributed by atoms with E-state index in [0.717, 1.165) is 5.56 Å². The van der Waals surface area contributed by atoms with E-state index in [1.165, 1.54) is 9.58 Å². The van der Waals surface area contributed by atoms with Crippen LogP contribution >= 0.6 is 0 Å². The molecule has 0 unspecified atom stereocenters. The fourth-order valence-corrected chi connectivity index (χ4v) is 5.25. The Bertz CT molecular complexity index is 1860. The molecule has 7 rings (SSSR count). The van der Waals surface area contributed by atoms with Gasteiger partial charge < -0.3 is 33.9 Å². The molecule has 0 bridgehead atoms. The van der Waals surface area contributed by atoms with Crippen LogP contribution < -0.4 is 29.0 Å². The summed E-state index contributed by atoms with van der Waals surface area (Å²) in [6.07, 6.45) is 0. The first kappa shape index (κ1) is 27.1. The third-order valence-electron chi connectivity index (χ3n) is 7.45. The number of hydrogen-bond donors (Lipinski definition) is 1. The lowest BCUT2D eigenvalue weighted by Gasteiger charge is -2.32. The topological polar surface area (TPSA) is 126 Å². The third kappa shape index (κ3) is 5.28. The van der Waals surface area contributed by atoms with Crippen LogP contribution in [0.15, 0.2) is 84.9 Å². The second kappa shape index (κ2) is 11.5. The van der Waals surface area contributed by atoms with Crippen molar-refractivity contribution in [3.63, 3.8) is 0 Å². The minimum Gasteiger partial charge on any atom is -0.497 e. The Hall–Kier alpha value is -5.78. The van der Waals surface area contributed by atoms with Crippen LogP contribution in [0.25, 0.3) is 11.0 Å². The van der Waals surface area contributed by atoms with Gasteiger partial charge in [0.15, 0.2) is 23.0 Å². The number of nitrogens with one attached hydrogen (secondary N) is 1. The molecule has 3 heterocycles. The third-order valence-corrected chi connectivity index (χ3v) is 7.45. The molecule has 1 aromatic heterocycles. The monoisotopic (exact) mass is 593 g/mol.